The number of hydrogen-bond acceptors (Lipinski definition) is 5. The predicted octanol–water partition coefficient (Wildman–Crippen LogP) is 1.91. The molecule has 7 heteroatoms. The molecule has 30 heavy (non-hydrogen) atoms. The van der Waals surface area contributed by atoms with Gasteiger partial charge in [-0.15, -0.1) is 0 Å². The maximum Gasteiger partial charge on any atom is 0.287 e. The van der Waals surface area contributed by atoms with Crippen LogP contribution in [0.3, 0.4) is 0 Å². The first-order valence-corrected chi connectivity index (χ1v) is 10.9. The van der Waals surface area contributed by atoms with Crippen LogP contribution in [0.25, 0.3) is 0 Å². The Bertz CT molecular complexity index is 686. The molecule has 0 radical (unpaired) electrons. The number of Topliss-reactive ketones (excluding diaryl/α,β-unsaturated/α-hetero) is 1. The second-order valence-electron chi connectivity index (χ2n) is 7.41. The zero-order valence-corrected chi connectivity index (χ0v) is 18.0. The van der Waals surface area contributed by atoms with Crippen LogP contribution in [0.1, 0.15) is 43.7 Å². The maximum atomic E-state index is 12.1. The summed E-state index contributed by atoms with van der Waals surface area (Å²) in [7, 11) is 0. The normalized spacial score (nSPS) is 13.8. The average molecular weight is 419 g/mol. The molecule has 7 nitrogen and oxygen atoms in total. The van der Waals surface area contributed by atoms with E-state index in [-0.39, 0.29) is 24.7 Å². The van der Waals surface area contributed by atoms with Crippen LogP contribution in [-0.2, 0) is 36.7 Å². The van der Waals surface area contributed by atoms with E-state index < -0.39 is 5.91 Å². The monoisotopic (exact) mass is 418 g/mol. The third-order valence-electron chi connectivity index (χ3n) is 5.18. The summed E-state index contributed by atoms with van der Waals surface area (Å²) in [5.74, 6) is -0.814. The van der Waals surface area contributed by atoms with Crippen molar-refractivity contribution in [3.63, 3.8) is 0 Å². The van der Waals surface area contributed by atoms with Crippen LogP contribution < -0.4 is 5.32 Å². The number of carbonyl (C=O) groups excluding carboxylic acids is 3. The van der Waals surface area contributed by atoms with Gasteiger partial charge in [0.15, 0.2) is 0 Å². The van der Waals surface area contributed by atoms with Gasteiger partial charge in [0.1, 0.15) is 6.61 Å². The van der Waals surface area contributed by atoms with Crippen molar-refractivity contribution in [3.8, 4) is 0 Å². The molecule has 1 aliphatic heterocycles. The van der Waals surface area contributed by atoms with Gasteiger partial charge in [0.05, 0.1) is 13.2 Å². The molecule has 166 valence electrons. The molecule has 0 unspecified atom stereocenters. The lowest BCUT2D eigenvalue weighted by Gasteiger charge is -2.26. The first-order valence-electron chi connectivity index (χ1n) is 10.9. The van der Waals surface area contributed by atoms with Crippen molar-refractivity contribution in [2.24, 2.45) is 0 Å². The number of ketones is 1. The van der Waals surface area contributed by atoms with Gasteiger partial charge in [-0.2, -0.15) is 0 Å². The Morgan fingerprint density at radius 3 is 2.37 bits per heavy atom. The van der Waals surface area contributed by atoms with E-state index >= 15 is 0 Å². The van der Waals surface area contributed by atoms with E-state index in [0.29, 0.717) is 39.5 Å². The summed E-state index contributed by atoms with van der Waals surface area (Å²) >= 11 is 0. The number of aryl methyl sites for hydroxylation is 2. The minimum Gasteiger partial charge on any atom is -0.378 e. The largest absolute Gasteiger partial charge is 0.378 e. The first kappa shape index (κ1) is 24.0. The van der Waals surface area contributed by atoms with E-state index in [4.69, 9.17) is 9.47 Å². The van der Waals surface area contributed by atoms with Crippen LogP contribution in [0.15, 0.2) is 24.3 Å². The molecule has 0 bridgehead atoms. The molecule has 1 aliphatic rings. The van der Waals surface area contributed by atoms with Crippen molar-refractivity contribution >= 4 is 17.6 Å². The molecule has 1 N–H and O–H groups in total. The highest BCUT2D eigenvalue weighted by molar-refractivity contribution is 6.36. The maximum absolute atomic E-state index is 12.1. The third-order valence-corrected chi connectivity index (χ3v) is 5.18. The van der Waals surface area contributed by atoms with Crippen LogP contribution in [-0.4, -0.2) is 68.6 Å². The van der Waals surface area contributed by atoms with Crippen molar-refractivity contribution < 1.29 is 23.9 Å². The molecule has 1 aromatic rings. The summed E-state index contributed by atoms with van der Waals surface area (Å²) in [4.78, 5) is 36.6. The summed E-state index contributed by atoms with van der Waals surface area (Å²) in [5, 5.41) is 2.67. The minimum atomic E-state index is -0.481. The van der Waals surface area contributed by atoms with Crippen molar-refractivity contribution in [2.45, 2.75) is 45.4 Å². The predicted molar refractivity (Wildman–Crippen MR) is 114 cm³/mol. The Balaban J connectivity index is 1.61. The molecule has 1 fully saturated rings. The smallest absolute Gasteiger partial charge is 0.287 e. The Hall–Kier alpha value is -2.25. The number of nitrogens with one attached hydrogen (secondary N) is 1. The lowest BCUT2D eigenvalue weighted by Crippen LogP contribution is -2.42. The van der Waals surface area contributed by atoms with E-state index in [1.54, 1.807) is 11.8 Å². The summed E-state index contributed by atoms with van der Waals surface area (Å²) in [6, 6.07) is 8.35. The van der Waals surface area contributed by atoms with Gasteiger partial charge >= 0.3 is 0 Å². The number of nitrogens with zero attached hydrogens (tertiary/aromatic N) is 1. The molecule has 1 heterocycles. The summed E-state index contributed by atoms with van der Waals surface area (Å²) < 4.78 is 10.8. The molecule has 0 aromatic heterocycles. The van der Waals surface area contributed by atoms with Gasteiger partial charge in [-0.25, -0.2) is 0 Å². The second-order valence-corrected chi connectivity index (χ2v) is 7.41. The number of ether oxygens (including phenoxy) is 2. The van der Waals surface area contributed by atoms with Crippen LogP contribution in [0.5, 0.6) is 0 Å². The zero-order chi connectivity index (χ0) is 21.6. The second kappa shape index (κ2) is 13.9. The van der Waals surface area contributed by atoms with Crippen molar-refractivity contribution in [1.29, 1.82) is 0 Å². The van der Waals surface area contributed by atoms with E-state index in [1.165, 1.54) is 11.1 Å². The van der Waals surface area contributed by atoms with Gasteiger partial charge in [-0.05, 0) is 43.2 Å². The van der Waals surface area contributed by atoms with Crippen LogP contribution >= 0.6 is 0 Å². The van der Waals surface area contributed by atoms with Gasteiger partial charge in [0, 0.05) is 32.7 Å². The molecule has 0 spiro atoms. The SMILES string of the molecule is CCC(=O)C(=O)NCCCCc1ccccc1CCCOCC(=O)N1CCOCC1. The highest BCUT2D eigenvalue weighted by Gasteiger charge is 2.16. The van der Waals surface area contributed by atoms with Gasteiger partial charge in [-0.3, -0.25) is 14.4 Å². The van der Waals surface area contributed by atoms with E-state index in [2.05, 4.69) is 17.4 Å². The Morgan fingerprint density at radius 1 is 1.03 bits per heavy atom. The molecular weight excluding hydrogens is 384 g/mol. The molecule has 0 saturated carbocycles. The molecule has 0 aliphatic carbocycles. The minimum absolute atomic E-state index is 0.0337. The lowest BCUT2D eigenvalue weighted by molar-refractivity contribution is -0.140. The topological polar surface area (TPSA) is 84.9 Å². The van der Waals surface area contributed by atoms with Crippen LogP contribution in [0.4, 0.5) is 0 Å². The fourth-order valence-electron chi connectivity index (χ4n) is 3.37. The molecule has 1 saturated heterocycles. The lowest BCUT2D eigenvalue weighted by atomic mass is 9.98. The number of rotatable bonds is 13. The third kappa shape index (κ3) is 8.63. The number of morpholine rings is 1. The van der Waals surface area contributed by atoms with E-state index in [0.717, 1.165) is 32.1 Å². The number of benzene rings is 1. The average Bonchev–Trinajstić information content (AvgIpc) is 2.79. The highest BCUT2D eigenvalue weighted by Crippen LogP contribution is 2.14. The van der Waals surface area contributed by atoms with Crippen molar-refractivity contribution in [1.82, 2.24) is 10.2 Å². The van der Waals surface area contributed by atoms with Gasteiger partial charge in [-0.1, -0.05) is 31.2 Å². The van der Waals surface area contributed by atoms with E-state index in [9.17, 15) is 14.4 Å². The Morgan fingerprint density at radius 2 is 1.70 bits per heavy atom. The quantitative estimate of drug-likeness (QED) is 0.391. The molecule has 2 amide bonds. The first-order chi connectivity index (χ1) is 14.6. The van der Waals surface area contributed by atoms with Crippen molar-refractivity contribution in [3.05, 3.63) is 35.4 Å². The van der Waals surface area contributed by atoms with Gasteiger partial charge in [0.2, 0.25) is 11.7 Å². The van der Waals surface area contributed by atoms with Crippen LogP contribution in [0.2, 0.25) is 0 Å². The molecule has 2 rings (SSSR count). The highest BCUT2D eigenvalue weighted by atomic mass is 16.5. The fourth-order valence-corrected chi connectivity index (χ4v) is 3.37. The standard InChI is InChI=1S/C23H34N2O5/c1-2-21(26)23(28)24-12-6-5-10-19-8-3-4-9-20(19)11-7-15-30-18-22(27)25-13-16-29-17-14-25/h3-4,8-9H,2,5-7,10-18H2,1H3,(H,24,28). The number of hydrogen-bond donors (Lipinski definition) is 1. The number of amides is 2. The Kier molecular flexibility index (Phi) is 11.1. The van der Waals surface area contributed by atoms with Gasteiger partial charge < -0.3 is 19.7 Å². The summed E-state index contributed by atoms with van der Waals surface area (Å²) in [5.41, 5.74) is 2.60. The van der Waals surface area contributed by atoms with Crippen molar-refractivity contribution in [2.75, 3.05) is 46.1 Å². The fraction of sp³-hybridized carbons (Fsp3) is 0.609. The molecule has 0 atom stereocenters. The molecule has 1 aromatic carbocycles. The zero-order valence-electron chi connectivity index (χ0n) is 18.0. The number of unbranched alkanes of at least 4 members (excludes halogenated alkanes) is 1. The summed E-state index contributed by atoms with van der Waals surface area (Å²) in [6.45, 7) is 5.40. The number of carbonyl (C=O) groups is 3. The summed E-state index contributed by atoms with van der Waals surface area (Å²) in [6.07, 6.45) is 4.73. The van der Waals surface area contributed by atoms with Gasteiger partial charge in [0.25, 0.3) is 5.91 Å². The molecular formula is C23H34N2O5. The van der Waals surface area contributed by atoms with Crippen LogP contribution in [0, 0.1) is 0 Å². The van der Waals surface area contributed by atoms with E-state index in [1.807, 2.05) is 12.1 Å². The Labute approximate surface area is 179 Å².